The maximum Gasteiger partial charge on any atom is 0.242 e. The first-order valence-electron chi connectivity index (χ1n) is 7.76. The third-order valence-corrected chi connectivity index (χ3v) is 5.58. The van der Waals surface area contributed by atoms with E-state index >= 15 is 0 Å². The molecule has 0 atom stereocenters. The van der Waals surface area contributed by atoms with Crippen LogP contribution in [-0.4, -0.2) is 46.8 Å². The van der Waals surface area contributed by atoms with Crippen LogP contribution in [0.5, 0.6) is 11.5 Å². The second kappa shape index (κ2) is 8.16. The van der Waals surface area contributed by atoms with E-state index in [-0.39, 0.29) is 10.7 Å². The average molecular weight is 375 g/mol. The van der Waals surface area contributed by atoms with Gasteiger partial charge in [-0.2, -0.15) is 0 Å². The molecular weight excluding hydrogens is 354 g/mol. The third kappa shape index (κ3) is 4.30. The van der Waals surface area contributed by atoms with Gasteiger partial charge in [0.1, 0.15) is 0 Å². The Labute approximate surface area is 153 Å². The maximum absolute atomic E-state index is 12.3. The molecule has 26 heavy (non-hydrogen) atoms. The van der Waals surface area contributed by atoms with Gasteiger partial charge in [0.15, 0.2) is 17.3 Å². The molecule has 2 rings (SSSR count). The monoisotopic (exact) mass is 375 g/mol. The van der Waals surface area contributed by atoms with E-state index in [4.69, 9.17) is 9.47 Å². The number of rotatable bonds is 7. The van der Waals surface area contributed by atoms with E-state index in [1.165, 1.54) is 44.4 Å². The number of allylic oxidation sites excluding steroid dienone is 1. The average Bonchev–Trinajstić information content (AvgIpc) is 2.65. The van der Waals surface area contributed by atoms with Crippen LogP contribution in [0.4, 0.5) is 0 Å². The van der Waals surface area contributed by atoms with Crippen LogP contribution in [0.2, 0.25) is 0 Å². The summed E-state index contributed by atoms with van der Waals surface area (Å²) in [5.41, 5.74) is 1.18. The fourth-order valence-corrected chi connectivity index (χ4v) is 3.13. The van der Waals surface area contributed by atoms with Crippen molar-refractivity contribution in [2.45, 2.75) is 4.90 Å². The van der Waals surface area contributed by atoms with Crippen molar-refractivity contribution in [1.82, 2.24) is 4.31 Å². The lowest BCUT2D eigenvalue weighted by Crippen LogP contribution is -2.22. The summed E-state index contributed by atoms with van der Waals surface area (Å²) < 4.78 is 35.6. The molecular formula is C19H21NO5S. The third-order valence-electron chi connectivity index (χ3n) is 3.75. The van der Waals surface area contributed by atoms with Crippen LogP contribution in [-0.2, 0) is 10.0 Å². The molecule has 0 aliphatic carbocycles. The van der Waals surface area contributed by atoms with Crippen molar-refractivity contribution in [3.63, 3.8) is 0 Å². The number of carbonyl (C=O) groups excluding carboxylic acids is 1. The summed E-state index contributed by atoms with van der Waals surface area (Å²) in [6.45, 7) is 0. The minimum absolute atomic E-state index is 0.142. The summed E-state index contributed by atoms with van der Waals surface area (Å²) in [5.74, 6) is 0.947. The number of benzene rings is 2. The van der Waals surface area contributed by atoms with Crippen LogP contribution in [0.15, 0.2) is 53.4 Å². The van der Waals surface area contributed by atoms with Crippen molar-refractivity contribution in [2.75, 3.05) is 28.3 Å². The zero-order chi connectivity index (χ0) is 19.3. The van der Waals surface area contributed by atoms with Gasteiger partial charge in [-0.3, -0.25) is 4.79 Å². The zero-order valence-corrected chi connectivity index (χ0v) is 15.9. The van der Waals surface area contributed by atoms with E-state index in [0.29, 0.717) is 17.1 Å². The molecule has 0 aliphatic heterocycles. The number of ether oxygens (including phenoxy) is 2. The normalized spacial score (nSPS) is 11.7. The number of ketones is 1. The van der Waals surface area contributed by atoms with Crippen molar-refractivity contribution in [3.05, 3.63) is 59.7 Å². The van der Waals surface area contributed by atoms with Gasteiger partial charge in [-0.25, -0.2) is 12.7 Å². The molecule has 2 aromatic rings. The zero-order valence-electron chi connectivity index (χ0n) is 15.1. The van der Waals surface area contributed by atoms with Gasteiger partial charge >= 0.3 is 0 Å². The van der Waals surface area contributed by atoms with Gasteiger partial charge in [0.25, 0.3) is 0 Å². The highest BCUT2D eigenvalue weighted by Crippen LogP contribution is 2.28. The first kappa shape index (κ1) is 19.7. The first-order valence-corrected chi connectivity index (χ1v) is 9.20. The topological polar surface area (TPSA) is 72.9 Å². The molecule has 0 spiro atoms. The summed E-state index contributed by atoms with van der Waals surface area (Å²) in [4.78, 5) is 12.4. The lowest BCUT2D eigenvalue weighted by Gasteiger charge is -2.11. The van der Waals surface area contributed by atoms with Crippen molar-refractivity contribution in [1.29, 1.82) is 0 Å². The van der Waals surface area contributed by atoms with Gasteiger partial charge in [-0.15, -0.1) is 0 Å². The quantitative estimate of drug-likeness (QED) is 0.550. The van der Waals surface area contributed by atoms with Crippen molar-refractivity contribution in [3.8, 4) is 11.5 Å². The highest BCUT2D eigenvalue weighted by Gasteiger charge is 2.17. The maximum atomic E-state index is 12.3. The van der Waals surface area contributed by atoms with E-state index in [2.05, 4.69) is 0 Å². The Balaban J connectivity index is 2.19. The van der Waals surface area contributed by atoms with Crippen LogP contribution in [0, 0.1) is 0 Å². The smallest absolute Gasteiger partial charge is 0.242 e. The SMILES string of the molecule is COc1ccc(C=CC(=O)c2ccc(S(=O)(=O)N(C)C)cc2)cc1OC. The summed E-state index contributed by atoms with van der Waals surface area (Å²) in [6, 6.07) is 11.2. The molecule has 0 heterocycles. The molecule has 0 N–H and O–H groups in total. The number of nitrogens with zero attached hydrogens (tertiary/aromatic N) is 1. The summed E-state index contributed by atoms with van der Waals surface area (Å²) in [6.07, 6.45) is 3.09. The highest BCUT2D eigenvalue weighted by atomic mass is 32.2. The molecule has 0 fully saturated rings. The van der Waals surface area contributed by atoms with Gasteiger partial charge in [0.05, 0.1) is 19.1 Å². The van der Waals surface area contributed by atoms with Gasteiger partial charge < -0.3 is 9.47 Å². The molecule has 0 bridgehead atoms. The molecule has 7 heteroatoms. The Morgan fingerprint density at radius 1 is 0.962 bits per heavy atom. The van der Waals surface area contributed by atoms with Crippen LogP contribution >= 0.6 is 0 Å². The molecule has 0 saturated heterocycles. The molecule has 6 nitrogen and oxygen atoms in total. The van der Waals surface area contributed by atoms with Gasteiger partial charge in [0, 0.05) is 19.7 Å². The fourth-order valence-electron chi connectivity index (χ4n) is 2.23. The lowest BCUT2D eigenvalue weighted by molar-refractivity contribution is 0.104. The number of methoxy groups -OCH3 is 2. The number of carbonyl (C=O) groups is 1. The van der Waals surface area contributed by atoms with E-state index in [1.807, 2.05) is 0 Å². The molecule has 0 aliphatic rings. The molecule has 2 aromatic carbocycles. The van der Waals surface area contributed by atoms with Crippen LogP contribution in [0.1, 0.15) is 15.9 Å². The molecule has 0 aromatic heterocycles. The Morgan fingerprint density at radius 3 is 2.12 bits per heavy atom. The van der Waals surface area contributed by atoms with Gasteiger partial charge in [-0.1, -0.05) is 12.1 Å². The number of hydrogen-bond donors (Lipinski definition) is 0. The number of hydrogen-bond acceptors (Lipinski definition) is 5. The Morgan fingerprint density at radius 2 is 1.58 bits per heavy atom. The van der Waals surface area contributed by atoms with E-state index in [0.717, 1.165) is 9.87 Å². The van der Waals surface area contributed by atoms with E-state index in [1.54, 1.807) is 38.5 Å². The van der Waals surface area contributed by atoms with E-state index in [9.17, 15) is 13.2 Å². The van der Waals surface area contributed by atoms with Crippen LogP contribution in [0.25, 0.3) is 6.08 Å². The standard InChI is InChI=1S/C19H21NO5S/c1-20(2)26(22,23)16-9-7-15(8-10-16)17(21)11-5-14-6-12-18(24-3)19(13-14)25-4/h5-13H,1-4H3. The molecule has 0 radical (unpaired) electrons. The Kier molecular flexibility index (Phi) is 6.18. The van der Waals surface area contributed by atoms with Gasteiger partial charge in [-0.05, 0) is 48.0 Å². The lowest BCUT2D eigenvalue weighted by atomic mass is 10.1. The molecule has 0 unspecified atom stereocenters. The van der Waals surface area contributed by atoms with Crippen molar-refractivity contribution < 1.29 is 22.7 Å². The molecule has 138 valence electrons. The first-order chi connectivity index (χ1) is 12.3. The van der Waals surface area contributed by atoms with Crippen molar-refractivity contribution >= 4 is 21.9 Å². The fraction of sp³-hybridized carbons (Fsp3) is 0.211. The molecule has 0 saturated carbocycles. The minimum atomic E-state index is -3.51. The largest absolute Gasteiger partial charge is 0.493 e. The van der Waals surface area contributed by atoms with Gasteiger partial charge in [0.2, 0.25) is 10.0 Å². The number of sulfonamides is 1. The van der Waals surface area contributed by atoms with Crippen molar-refractivity contribution in [2.24, 2.45) is 0 Å². The Bertz CT molecular complexity index is 915. The predicted molar refractivity (Wildman–Crippen MR) is 100 cm³/mol. The molecule has 0 amide bonds. The second-order valence-corrected chi connectivity index (χ2v) is 7.78. The Hall–Kier alpha value is -2.64. The summed E-state index contributed by atoms with van der Waals surface area (Å²) in [5, 5.41) is 0. The van der Waals surface area contributed by atoms with Crippen LogP contribution < -0.4 is 9.47 Å². The predicted octanol–water partition coefficient (Wildman–Crippen LogP) is 2.85. The summed E-state index contributed by atoms with van der Waals surface area (Å²) in [7, 11) is 2.50. The highest BCUT2D eigenvalue weighted by molar-refractivity contribution is 7.89. The van der Waals surface area contributed by atoms with Crippen LogP contribution in [0.3, 0.4) is 0 Å². The van der Waals surface area contributed by atoms with E-state index < -0.39 is 10.0 Å². The summed E-state index contributed by atoms with van der Waals surface area (Å²) >= 11 is 0. The minimum Gasteiger partial charge on any atom is -0.493 e. The second-order valence-electron chi connectivity index (χ2n) is 5.62.